The van der Waals surface area contributed by atoms with Gasteiger partial charge in [-0.15, -0.1) is 0 Å². The molecular weight excluding hydrogens is 337 g/mol. The summed E-state index contributed by atoms with van der Waals surface area (Å²) in [6, 6.07) is 6.05. The number of hydrogen-bond acceptors (Lipinski definition) is 4. The number of carbonyl (C=O) groups is 1. The average molecular weight is 353 g/mol. The molecule has 7 heteroatoms. The molecule has 3 aromatic rings. The van der Waals surface area contributed by atoms with Crippen molar-refractivity contribution >= 4 is 16.8 Å². The topological polar surface area (TPSA) is 74.0 Å². The largest absolute Gasteiger partial charge is 0.332 e. The Labute approximate surface area is 147 Å². The van der Waals surface area contributed by atoms with Gasteiger partial charge in [-0.25, -0.2) is 14.2 Å². The van der Waals surface area contributed by atoms with Crippen LogP contribution in [0.3, 0.4) is 0 Å². The van der Waals surface area contributed by atoms with Gasteiger partial charge in [0.1, 0.15) is 11.5 Å². The molecule has 0 saturated heterocycles. The van der Waals surface area contributed by atoms with Crippen molar-refractivity contribution < 1.29 is 9.18 Å². The Hall–Kier alpha value is -3.09. The highest BCUT2D eigenvalue weighted by Gasteiger charge is 2.30. The van der Waals surface area contributed by atoms with Gasteiger partial charge in [-0.05, 0) is 35.6 Å². The number of rotatable bonds is 1. The Kier molecular flexibility index (Phi) is 3.61. The lowest BCUT2D eigenvalue weighted by Gasteiger charge is -2.25. The summed E-state index contributed by atoms with van der Waals surface area (Å²) in [5.41, 5.74) is 1.22. The summed E-state index contributed by atoms with van der Waals surface area (Å²) in [5.74, 6) is -0.594. The molecule has 2 heterocycles. The van der Waals surface area contributed by atoms with Crippen molar-refractivity contribution in [1.82, 2.24) is 14.1 Å². The fraction of sp³-hybridized carbons (Fsp3) is 0.263. The zero-order valence-electron chi connectivity index (χ0n) is 14.3. The van der Waals surface area contributed by atoms with Gasteiger partial charge in [0.25, 0.3) is 5.56 Å². The molecule has 0 N–H and O–H groups in total. The van der Waals surface area contributed by atoms with Crippen molar-refractivity contribution in [2.45, 2.75) is 18.8 Å². The minimum atomic E-state index is -0.466. The number of halogens is 1. The Bertz CT molecular complexity index is 1180. The molecular formula is C19H16FN3O3. The second kappa shape index (κ2) is 5.72. The van der Waals surface area contributed by atoms with E-state index in [0.29, 0.717) is 22.9 Å². The first kappa shape index (κ1) is 16.4. The van der Waals surface area contributed by atoms with Gasteiger partial charge in [0.15, 0.2) is 5.78 Å². The van der Waals surface area contributed by atoms with E-state index in [1.807, 2.05) is 0 Å². The zero-order chi connectivity index (χ0) is 18.6. The molecule has 0 radical (unpaired) electrons. The molecule has 0 saturated carbocycles. The lowest BCUT2D eigenvalue weighted by atomic mass is 9.79. The lowest BCUT2D eigenvalue weighted by molar-refractivity contribution is 0.0964. The van der Waals surface area contributed by atoms with E-state index in [1.54, 1.807) is 19.2 Å². The molecule has 26 heavy (non-hydrogen) atoms. The highest BCUT2D eigenvalue weighted by atomic mass is 19.1. The molecule has 1 atom stereocenters. The van der Waals surface area contributed by atoms with Gasteiger partial charge in [-0.3, -0.25) is 18.7 Å². The van der Waals surface area contributed by atoms with Gasteiger partial charge in [0.2, 0.25) is 0 Å². The lowest BCUT2D eigenvalue weighted by Crippen LogP contribution is -2.38. The fourth-order valence-electron chi connectivity index (χ4n) is 3.66. The summed E-state index contributed by atoms with van der Waals surface area (Å²) in [5, 5.41) is 0.298. The third kappa shape index (κ3) is 2.31. The van der Waals surface area contributed by atoms with Crippen LogP contribution in [0.1, 0.15) is 33.8 Å². The molecule has 1 aromatic carbocycles. The summed E-state index contributed by atoms with van der Waals surface area (Å²) >= 11 is 0. The van der Waals surface area contributed by atoms with E-state index in [4.69, 9.17) is 0 Å². The van der Waals surface area contributed by atoms with Crippen LogP contribution in [0, 0.1) is 5.82 Å². The monoisotopic (exact) mass is 353 g/mol. The number of benzene rings is 1. The molecule has 6 nitrogen and oxygen atoms in total. The minimum Gasteiger partial charge on any atom is -0.294 e. The van der Waals surface area contributed by atoms with Gasteiger partial charge in [-0.1, -0.05) is 12.1 Å². The number of Topliss-reactive ketones (excluding diaryl/α,β-unsaturated/α-hetero) is 1. The predicted molar refractivity (Wildman–Crippen MR) is 94.0 cm³/mol. The molecule has 4 rings (SSSR count). The van der Waals surface area contributed by atoms with Crippen molar-refractivity contribution in [1.29, 1.82) is 0 Å². The van der Waals surface area contributed by atoms with Crippen molar-refractivity contribution in [3.63, 3.8) is 0 Å². The third-order valence-electron chi connectivity index (χ3n) is 5.10. The van der Waals surface area contributed by atoms with E-state index >= 15 is 0 Å². The van der Waals surface area contributed by atoms with Gasteiger partial charge in [-0.2, -0.15) is 0 Å². The van der Waals surface area contributed by atoms with Crippen LogP contribution in [0.2, 0.25) is 0 Å². The van der Waals surface area contributed by atoms with Crippen LogP contribution >= 0.6 is 0 Å². The van der Waals surface area contributed by atoms with Gasteiger partial charge < -0.3 is 0 Å². The van der Waals surface area contributed by atoms with Crippen molar-refractivity contribution in [2.24, 2.45) is 14.1 Å². The summed E-state index contributed by atoms with van der Waals surface area (Å²) < 4.78 is 15.5. The number of hydrogen-bond donors (Lipinski definition) is 0. The number of nitrogens with zero attached hydrogens (tertiary/aromatic N) is 3. The smallest absolute Gasteiger partial charge is 0.294 e. The number of aromatic nitrogens is 3. The Morgan fingerprint density at radius 2 is 1.73 bits per heavy atom. The molecule has 0 spiro atoms. The standard InChI is InChI=1S/C19H16FN3O3/c1-22-17-16(18(25)23(2)19(22)26)13-7-11(8-15(24)14(13)9-21-17)10-3-5-12(20)6-4-10/h3-6,9,11H,7-8H2,1-2H3. The van der Waals surface area contributed by atoms with E-state index in [2.05, 4.69) is 4.98 Å². The number of pyridine rings is 1. The number of ketones is 1. The van der Waals surface area contributed by atoms with E-state index in [9.17, 15) is 18.8 Å². The van der Waals surface area contributed by atoms with Crippen LogP contribution in [0.15, 0.2) is 40.1 Å². The van der Waals surface area contributed by atoms with Gasteiger partial charge in [0, 0.05) is 32.3 Å². The van der Waals surface area contributed by atoms with Crippen LogP contribution in [-0.2, 0) is 20.5 Å². The molecule has 0 aliphatic heterocycles. The molecule has 1 unspecified atom stereocenters. The third-order valence-corrected chi connectivity index (χ3v) is 5.10. The number of aryl methyl sites for hydroxylation is 1. The van der Waals surface area contributed by atoms with Crippen LogP contribution < -0.4 is 11.2 Å². The van der Waals surface area contributed by atoms with Crippen LogP contribution in [0.5, 0.6) is 0 Å². The van der Waals surface area contributed by atoms with E-state index in [-0.39, 0.29) is 29.6 Å². The molecule has 2 aromatic heterocycles. The molecule has 0 bridgehead atoms. The molecule has 132 valence electrons. The second-order valence-electron chi connectivity index (χ2n) is 6.63. The van der Waals surface area contributed by atoms with Gasteiger partial charge in [0.05, 0.1) is 5.39 Å². The quantitative estimate of drug-likeness (QED) is 0.667. The number of carbonyl (C=O) groups excluding carboxylic acids is 1. The van der Waals surface area contributed by atoms with E-state index in [0.717, 1.165) is 10.1 Å². The Morgan fingerprint density at radius 3 is 2.42 bits per heavy atom. The Morgan fingerprint density at radius 1 is 1.04 bits per heavy atom. The molecule has 1 aliphatic carbocycles. The van der Waals surface area contributed by atoms with Crippen molar-refractivity contribution in [3.05, 3.63) is 73.8 Å². The van der Waals surface area contributed by atoms with Crippen LogP contribution in [0.25, 0.3) is 11.0 Å². The van der Waals surface area contributed by atoms with Crippen molar-refractivity contribution in [2.75, 3.05) is 0 Å². The summed E-state index contributed by atoms with van der Waals surface area (Å²) in [6.07, 6.45) is 2.18. The first-order chi connectivity index (χ1) is 12.4. The highest BCUT2D eigenvalue weighted by Crippen LogP contribution is 2.34. The fourth-order valence-corrected chi connectivity index (χ4v) is 3.66. The van der Waals surface area contributed by atoms with Crippen molar-refractivity contribution in [3.8, 4) is 0 Å². The maximum atomic E-state index is 13.2. The summed E-state index contributed by atoms with van der Waals surface area (Å²) in [7, 11) is 2.96. The summed E-state index contributed by atoms with van der Waals surface area (Å²) in [6.45, 7) is 0. The first-order valence-electron chi connectivity index (χ1n) is 8.24. The molecule has 0 amide bonds. The zero-order valence-corrected chi connectivity index (χ0v) is 14.3. The summed E-state index contributed by atoms with van der Waals surface area (Å²) in [4.78, 5) is 41.7. The Balaban J connectivity index is 1.97. The normalized spacial score (nSPS) is 16.7. The SMILES string of the molecule is Cn1c(=O)c2c3c(cnc2n(C)c1=O)C(=O)CC(c1ccc(F)cc1)C3. The first-order valence-corrected chi connectivity index (χ1v) is 8.24. The maximum Gasteiger partial charge on any atom is 0.332 e. The molecule has 0 fully saturated rings. The van der Waals surface area contributed by atoms with Crippen LogP contribution in [-0.4, -0.2) is 19.9 Å². The van der Waals surface area contributed by atoms with E-state index < -0.39 is 11.2 Å². The highest BCUT2D eigenvalue weighted by molar-refractivity contribution is 6.02. The van der Waals surface area contributed by atoms with E-state index in [1.165, 1.54) is 29.9 Å². The second-order valence-corrected chi connectivity index (χ2v) is 6.63. The molecule has 1 aliphatic rings. The maximum absolute atomic E-state index is 13.2. The van der Waals surface area contributed by atoms with Crippen LogP contribution in [0.4, 0.5) is 4.39 Å². The predicted octanol–water partition coefficient (Wildman–Crippen LogP) is 1.68. The average Bonchev–Trinajstić information content (AvgIpc) is 2.64. The van der Waals surface area contributed by atoms with Gasteiger partial charge >= 0.3 is 5.69 Å². The minimum absolute atomic E-state index is 0.106. The number of fused-ring (bicyclic) bond motifs is 3.